The summed E-state index contributed by atoms with van der Waals surface area (Å²) in [5.41, 5.74) is 7.18. The fourth-order valence-electron chi connectivity index (χ4n) is 3.50. The first-order valence-corrected chi connectivity index (χ1v) is 9.39. The number of hydrogen-bond acceptors (Lipinski definition) is 6. The van der Waals surface area contributed by atoms with Crippen LogP contribution in [0.15, 0.2) is 53.6 Å². The van der Waals surface area contributed by atoms with E-state index < -0.39 is 0 Å². The van der Waals surface area contributed by atoms with Crippen LogP contribution in [0.2, 0.25) is 0 Å². The zero-order valence-corrected chi connectivity index (χ0v) is 16.4. The molecule has 7 nitrogen and oxygen atoms in total. The maximum atomic E-state index is 5.95. The second-order valence-corrected chi connectivity index (χ2v) is 7.59. The fraction of sp³-hybridized carbons (Fsp3) is 0.182. The number of hydrogen-bond donors (Lipinski definition) is 1. The Kier molecular flexibility index (Phi) is 3.84. The van der Waals surface area contributed by atoms with Gasteiger partial charge in [-0.3, -0.25) is 0 Å². The smallest absolute Gasteiger partial charge is 0.265 e. The molecule has 0 spiro atoms. The van der Waals surface area contributed by atoms with Crippen molar-refractivity contribution in [3.05, 3.63) is 59.7 Å². The molecule has 1 aliphatic heterocycles. The molecule has 2 aromatic heterocycles. The highest BCUT2D eigenvalue weighted by Crippen LogP contribution is 2.31. The number of para-hydroxylation sites is 1. The Balaban J connectivity index is 1.39. The Bertz CT molecular complexity index is 1300. The summed E-state index contributed by atoms with van der Waals surface area (Å²) >= 11 is 0. The Labute approximate surface area is 167 Å². The Morgan fingerprint density at radius 3 is 2.90 bits per heavy atom. The molecule has 0 fully saturated rings. The van der Waals surface area contributed by atoms with Crippen LogP contribution in [0.3, 0.4) is 0 Å². The second-order valence-electron chi connectivity index (χ2n) is 7.59. The number of anilines is 1. The summed E-state index contributed by atoms with van der Waals surface area (Å²) in [6, 6.07) is 14.0. The second kappa shape index (κ2) is 6.41. The molecule has 0 unspecified atom stereocenters. The molecule has 0 radical (unpaired) electrons. The van der Waals surface area contributed by atoms with E-state index in [0.29, 0.717) is 5.95 Å². The van der Waals surface area contributed by atoms with Gasteiger partial charge in [-0.25, -0.2) is 5.43 Å². The van der Waals surface area contributed by atoms with Gasteiger partial charge in [0.2, 0.25) is 0 Å². The zero-order chi connectivity index (χ0) is 20.0. The lowest BCUT2D eigenvalue weighted by Gasteiger charge is -2.27. The summed E-state index contributed by atoms with van der Waals surface area (Å²) in [6.07, 6.45) is 5.85. The quantitative estimate of drug-likeness (QED) is 0.424. The highest BCUT2D eigenvalue weighted by Gasteiger charge is 2.21. The van der Waals surface area contributed by atoms with Gasteiger partial charge in [-0.2, -0.15) is 10.1 Å². The number of benzene rings is 2. The van der Waals surface area contributed by atoms with Crippen LogP contribution in [0.1, 0.15) is 25.0 Å². The van der Waals surface area contributed by atoms with Gasteiger partial charge < -0.3 is 9.30 Å². The molecule has 0 bridgehead atoms. The molecule has 0 saturated carbocycles. The topological polar surface area (TPSA) is 77.2 Å². The number of ether oxygens (including phenoxy) is 1. The Morgan fingerprint density at radius 1 is 1.14 bits per heavy atom. The molecule has 7 heteroatoms. The molecule has 4 aromatic rings. The maximum Gasteiger partial charge on any atom is 0.265 e. The summed E-state index contributed by atoms with van der Waals surface area (Å²) in [7, 11) is 1.97. The van der Waals surface area contributed by atoms with Gasteiger partial charge in [0.15, 0.2) is 5.65 Å². The highest BCUT2D eigenvalue weighted by molar-refractivity contribution is 6.04. The van der Waals surface area contributed by atoms with E-state index in [1.807, 2.05) is 74.0 Å². The normalized spacial score (nSPS) is 15.0. The van der Waals surface area contributed by atoms with Crippen molar-refractivity contribution in [2.75, 3.05) is 5.43 Å². The van der Waals surface area contributed by atoms with Gasteiger partial charge in [0.1, 0.15) is 16.9 Å². The van der Waals surface area contributed by atoms with Crippen molar-refractivity contribution >= 4 is 40.3 Å². The van der Waals surface area contributed by atoms with Crippen molar-refractivity contribution < 1.29 is 4.74 Å². The average Bonchev–Trinajstić information content (AvgIpc) is 3.00. The average molecular weight is 384 g/mol. The minimum absolute atomic E-state index is 0.283. The van der Waals surface area contributed by atoms with Gasteiger partial charge >= 0.3 is 0 Å². The summed E-state index contributed by atoms with van der Waals surface area (Å²) < 4.78 is 7.95. The molecule has 0 aliphatic carbocycles. The van der Waals surface area contributed by atoms with E-state index >= 15 is 0 Å². The first kappa shape index (κ1) is 17.4. The number of nitrogens with zero attached hydrogens (tertiary/aromatic N) is 5. The molecule has 3 heterocycles. The Hall–Kier alpha value is -3.74. The van der Waals surface area contributed by atoms with Crippen molar-refractivity contribution in [1.82, 2.24) is 19.7 Å². The first-order chi connectivity index (χ1) is 14.0. The maximum absolute atomic E-state index is 5.95. The third-order valence-electron chi connectivity index (χ3n) is 4.96. The lowest BCUT2D eigenvalue weighted by atomic mass is 10.0. The number of fused-ring (bicyclic) bond motifs is 4. The van der Waals surface area contributed by atoms with E-state index in [-0.39, 0.29) is 5.60 Å². The van der Waals surface area contributed by atoms with Crippen LogP contribution in [0.4, 0.5) is 5.95 Å². The van der Waals surface area contributed by atoms with Crippen molar-refractivity contribution in [3.63, 3.8) is 0 Å². The van der Waals surface area contributed by atoms with E-state index in [1.165, 1.54) is 0 Å². The summed E-state index contributed by atoms with van der Waals surface area (Å²) in [6.45, 7) is 4.07. The molecule has 0 amide bonds. The van der Waals surface area contributed by atoms with Gasteiger partial charge in [-0.15, -0.1) is 10.2 Å². The highest BCUT2D eigenvalue weighted by atomic mass is 16.5. The zero-order valence-electron chi connectivity index (χ0n) is 16.4. The van der Waals surface area contributed by atoms with Crippen LogP contribution < -0.4 is 10.2 Å². The number of aryl methyl sites for hydroxylation is 1. The van der Waals surface area contributed by atoms with Crippen molar-refractivity contribution in [3.8, 4) is 5.75 Å². The number of nitrogens with one attached hydrogen (secondary N) is 1. The number of hydrazone groups is 1. The van der Waals surface area contributed by atoms with E-state index in [4.69, 9.17) is 4.74 Å². The predicted octanol–water partition coefficient (Wildman–Crippen LogP) is 4.15. The van der Waals surface area contributed by atoms with Crippen LogP contribution in [0.5, 0.6) is 5.75 Å². The van der Waals surface area contributed by atoms with E-state index in [0.717, 1.165) is 38.9 Å². The van der Waals surface area contributed by atoms with Crippen LogP contribution in [-0.4, -0.2) is 31.6 Å². The van der Waals surface area contributed by atoms with Crippen LogP contribution >= 0.6 is 0 Å². The lowest BCUT2D eigenvalue weighted by molar-refractivity contribution is 0.159. The van der Waals surface area contributed by atoms with E-state index in [9.17, 15) is 0 Å². The molecular formula is C22H20N6O. The molecule has 1 aliphatic rings. The molecule has 2 aromatic carbocycles. The Morgan fingerprint density at radius 2 is 2.00 bits per heavy atom. The van der Waals surface area contributed by atoms with Crippen LogP contribution in [-0.2, 0) is 7.05 Å². The molecular weight excluding hydrogens is 364 g/mol. The minimum Gasteiger partial charge on any atom is -0.483 e. The van der Waals surface area contributed by atoms with Crippen LogP contribution in [0.25, 0.3) is 28.1 Å². The van der Waals surface area contributed by atoms with Crippen molar-refractivity contribution in [1.29, 1.82) is 0 Å². The third kappa shape index (κ3) is 3.10. The minimum atomic E-state index is -0.283. The van der Waals surface area contributed by atoms with Gasteiger partial charge in [0.25, 0.3) is 5.95 Å². The fourth-order valence-corrected chi connectivity index (χ4v) is 3.50. The molecule has 5 rings (SSSR count). The summed E-state index contributed by atoms with van der Waals surface area (Å²) in [4.78, 5) is 4.56. The molecule has 29 heavy (non-hydrogen) atoms. The SMILES string of the molecule is Cn1c2ccccc2c2nnc(NN=Cc3ccc4c(c3)C=CC(C)(C)O4)nc21. The molecule has 0 saturated heterocycles. The number of rotatable bonds is 3. The summed E-state index contributed by atoms with van der Waals surface area (Å²) in [5.74, 6) is 1.22. The monoisotopic (exact) mass is 384 g/mol. The van der Waals surface area contributed by atoms with Crippen molar-refractivity contribution in [2.24, 2.45) is 12.1 Å². The first-order valence-electron chi connectivity index (χ1n) is 9.39. The lowest BCUT2D eigenvalue weighted by Crippen LogP contribution is -2.27. The van der Waals surface area contributed by atoms with Gasteiger partial charge in [0, 0.05) is 18.0 Å². The molecule has 144 valence electrons. The van der Waals surface area contributed by atoms with Crippen LogP contribution in [0, 0.1) is 0 Å². The van der Waals surface area contributed by atoms with Gasteiger partial charge in [-0.05, 0) is 49.8 Å². The standard InChI is InChI=1S/C22H20N6O/c1-22(2)11-10-15-12-14(8-9-18(15)29-22)13-23-26-21-24-20-19(25-27-21)16-6-4-5-7-17(16)28(20)3/h4-13H,1-3H3,(H,24,26,27). The summed E-state index contributed by atoms with van der Waals surface area (Å²) in [5, 5.41) is 13.8. The molecule has 0 atom stereocenters. The molecule has 1 N–H and O–H groups in total. The van der Waals surface area contributed by atoms with E-state index in [1.54, 1.807) is 6.21 Å². The van der Waals surface area contributed by atoms with E-state index in [2.05, 4.69) is 31.8 Å². The largest absolute Gasteiger partial charge is 0.483 e. The van der Waals surface area contributed by atoms with Gasteiger partial charge in [0.05, 0.1) is 11.7 Å². The predicted molar refractivity (Wildman–Crippen MR) is 115 cm³/mol. The number of aromatic nitrogens is 4. The van der Waals surface area contributed by atoms with Gasteiger partial charge in [-0.1, -0.05) is 24.3 Å². The van der Waals surface area contributed by atoms with Crippen molar-refractivity contribution in [2.45, 2.75) is 19.4 Å². The third-order valence-corrected chi connectivity index (χ3v) is 4.96.